The molecule has 2 N–H and O–H groups in total. The van der Waals surface area contributed by atoms with Crippen LogP contribution in [-0.2, 0) is 9.39 Å². The molecule has 0 saturated carbocycles. The van der Waals surface area contributed by atoms with Crippen LogP contribution in [0.5, 0.6) is 5.75 Å². The Kier molecular flexibility index (Phi) is 5.42. The molecule has 0 spiro atoms. The highest BCUT2D eigenvalue weighted by Gasteiger charge is 2.35. The average Bonchev–Trinajstić information content (AvgIpc) is 2.36. The Hall–Kier alpha value is -1.53. The molecule has 0 saturated heterocycles. The molecule has 0 atom stereocenters. The maximum atomic E-state index is 11.7. The van der Waals surface area contributed by atoms with E-state index >= 15 is 0 Å². The number of carbonyl (C=O) groups excluding carboxylic acids is 1. The topological polar surface area (TPSA) is 76.0 Å². The zero-order chi connectivity index (χ0) is 16.3. The smallest absolute Gasteiger partial charge is 0.341 e. The third kappa shape index (κ3) is 4.47. The minimum absolute atomic E-state index is 0.110. The van der Waals surface area contributed by atoms with Crippen LogP contribution in [0.1, 0.15) is 45.0 Å². The summed E-state index contributed by atoms with van der Waals surface area (Å²) in [6.45, 7) is 8.87. The van der Waals surface area contributed by atoms with Gasteiger partial charge >= 0.3 is 13.5 Å². The van der Waals surface area contributed by atoms with Gasteiger partial charge in [-0.1, -0.05) is 11.5 Å². The summed E-state index contributed by atoms with van der Waals surface area (Å²) in [5.41, 5.74) is -0.935. The van der Waals surface area contributed by atoms with Crippen molar-refractivity contribution in [3.05, 3.63) is 23.8 Å². The highest BCUT2D eigenvalue weighted by atomic mass is 16.5. The largest absolute Gasteiger partial charge is 0.507 e. The molecule has 21 heavy (non-hydrogen) atoms. The predicted molar refractivity (Wildman–Crippen MR) is 82.3 cm³/mol. The summed E-state index contributed by atoms with van der Waals surface area (Å²) in [6, 6.07) is 4.63. The van der Waals surface area contributed by atoms with E-state index in [-0.39, 0.29) is 25.4 Å². The predicted octanol–water partition coefficient (Wildman–Crippen LogP) is 1.11. The molecule has 6 heteroatoms. The molecule has 0 aliphatic heterocycles. The van der Waals surface area contributed by atoms with Gasteiger partial charge in [0.05, 0.1) is 17.8 Å². The number of aliphatic hydroxyl groups is 1. The number of carbonyl (C=O) groups is 1. The van der Waals surface area contributed by atoms with Crippen molar-refractivity contribution in [3.63, 3.8) is 0 Å². The van der Waals surface area contributed by atoms with Crippen molar-refractivity contribution in [2.45, 2.75) is 45.8 Å². The first kappa shape index (κ1) is 17.5. The molecule has 116 valence electrons. The Morgan fingerprint density at radius 1 is 1.29 bits per heavy atom. The van der Waals surface area contributed by atoms with E-state index in [1.54, 1.807) is 40.7 Å². The molecule has 1 aromatic carbocycles. The lowest BCUT2D eigenvalue weighted by Crippen LogP contribution is -2.49. The van der Waals surface area contributed by atoms with Gasteiger partial charge in [-0.05, 0) is 46.8 Å². The number of aromatic hydroxyl groups is 1. The van der Waals surface area contributed by atoms with Gasteiger partial charge in [-0.25, -0.2) is 4.79 Å². The minimum atomic E-state index is -1.01. The van der Waals surface area contributed by atoms with Gasteiger partial charge in [0.15, 0.2) is 0 Å². The van der Waals surface area contributed by atoms with E-state index in [4.69, 9.17) is 9.39 Å². The Labute approximate surface area is 126 Å². The first-order chi connectivity index (χ1) is 9.58. The van der Waals surface area contributed by atoms with Crippen molar-refractivity contribution >= 4 is 18.9 Å². The lowest BCUT2D eigenvalue weighted by molar-refractivity contribution is -0.0893. The van der Waals surface area contributed by atoms with E-state index in [9.17, 15) is 15.0 Å². The lowest BCUT2D eigenvalue weighted by atomic mass is 9.82. The molecule has 0 aliphatic rings. The molecule has 0 heterocycles. The summed E-state index contributed by atoms with van der Waals surface area (Å²) in [7, 11) is 0.212. The van der Waals surface area contributed by atoms with Crippen molar-refractivity contribution in [2.24, 2.45) is 0 Å². The van der Waals surface area contributed by atoms with Crippen molar-refractivity contribution in [1.29, 1.82) is 0 Å². The zero-order valence-electron chi connectivity index (χ0n) is 13.3. The first-order valence-electron chi connectivity index (χ1n) is 6.94. The van der Waals surface area contributed by atoms with E-state index in [2.05, 4.69) is 0 Å². The van der Waals surface area contributed by atoms with Crippen molar-refractivity contribution in [2.75, 3.05) is 6.61 Å². The van der Waals surface area contributed by atoms with Crippen molar-refractivity contribution in [3.8, 4) is 5.75 Å². The molecule has 0 bridgehead atoms. The molecular weight excluding hydrogens is 271 g/mol. The van der Waals surface area contributed by atoms with Crippen LogP contribution in [0.4, 0.5) is 0 Å². The normalized spacial score (nSPS) is 12.1. The molecule has 1 rings (SSSR count). The van der Waals surface area contributed by atoms with Crippen molar-refractivity contribution in [1.82, 2.24) is 0 Å². The monoisotopic (exact) mass is 294 g/mol. The van der Waals surface area contributed by atoms with Crippen LogP contribution >= 0.6 is 0 Å². The number of esters is 1. The first-order valence-corrected chi connectivity index (χ1v) is 6.94. The molecule has 0 unspecified atom stereocenters. The van der Waals surface area contributed by atoms with E-state index in [1.807, 2.05) is 0 Å². The number of phenolic OH excluding ortho intramolecular Hbond substituents is 1. The zero-order valence-corrected chi connectivity index (χ0v) is 13.3. The number of benzene rings is 1. The summed E-state index contributed by atoms with van der Waals surface area (Å²) in [5, 5.41) is 19.7. The van der Waals surface area contributed by atoms with Crippen LogP contribution < -0.4 is 5.46 Å². The molecule has 0 aliphatic carbocycles. The van der Waals surface area contributed by atoms with Crippen LogP contribution in [0, 0.1) is 0 Å². The number of hydrogen-bond acceptors (Lipinski definition) is 5. The third-order valence-electron chi connectivity index (χ3n) is 3.63. The highest BCUT2D eigenvalue weighted by molar-refractivity contribution is 6.47. The Bertz CT molecular complexity index is 505. The second-order valence-corrected chi connectivity index (χ2v) is 5.93. The van der Waals surface area contributed by atoms with E-state index in [0.717, 1.165) is 0 Å². The molecule has 1 aromatic rings. The Balaban J connectivity index is 2.87. The fourth-order valence-corrected chi connectivity index (χ4v) is 1.49. The van der Waals surface area contributed by atoms with Gasteiger partial charge in [0, 0.05) is 0 Å². The lowest BCUT2D eigenvalue weighted by Gasteiger charge is -2.37. The fourth-order valence-electron chi connectivity index (χ4n) is 1.49. The summed E-state index contributed by atoms with van der Waals surface area (Å²) in [6.07, 6.45) is 0. The molecule has 0 amide bonds. The molecule has 5 nitrogen and oxygen atoms in total. The van der Waals surface area contributed by atoms with Gasteiger partial charge < -0.3 is 19.6 Å². The van der Waals surface area contributed by atoms with Crippen LogP contribution in [0.3, 0.4) is 0 Å². The Morgan fingerprint density at radius 3 is 2.43 bits per heavy atom. The van der Waals surface area contributed by atoms with Gasteiger partial charge in [0.25, 0.3) is 0 Å². The van der Waals surface area contributed by atoms with Crippen LogP contribution in [-0.4, -0.2) is 41.5 Å². The average molecular weight is 294 g/mol. The number of phenols is 1. The van der Waals surface area contributed by atoms with E-state index in [0.29, 0.717) is 5.46 Å². The van der Waals surface area contributed by atoms with Gasteiger partial charge in [0.1, 0.15) is 11.3 Å². The third-order valence-corrected chi connectivity index (χ3v) is 3.63. The highest BCUT2D eigenvalue weighted by Crippen LogP contribution is 2.24. The molecule has 0 fully saturated rings. The summed E-state index contributed by atoms with van der Waals surface area (Å²) < 4.78 is 10.6. The van der Waals surface area contributed by atoms with E-state index in [1.165, 1.54) is 12.1 Å². The Morgan fingerprint density at radius 2 is 1.90 bits per heavy atom. The molecular formula is C15H23BO5. The van der Waals surface area contributed by atoms with Gasteiger partial charge in [0.2, 0.25) is 0 Å². The maximum absolute atomic E-state index is 11.7. The second-order valence-electron chi connectivity index (χ2n) is 5.93. The summed E-state index contributed by atoms with van der Waals surface area (Å²) in [5.74, 6) is -0.697. The number of rotatable bonds is 6. The van der Waals surface area contributed by atoms with Gasteiger partial charge in [-0.15, -0.1) is 0 Å². The van der Waals surface area contributed by atoms with Gasteiger partial charge in [-0.3, -0.25) is 0 Å². The SMILES string of the molecule is CCOC(=O)c1cc(BOC(C)(C)C(C)(C)O)ccc1O. The minimum Gasteiger partial charge on any atom is -0.507 e. The maximum Gasteiger partial charge on any atom is 0.341 e. The van der Waals surface area contributed by atoms with Crippen LogP contribution in [0.15, 0.2) is 18.2 Å². The number of ether oxygens (including phenoxy) is 1. The van der Waals surface area contributed by atoms with Crippen LogP contribution in [0.25, 0.3) is 0 Å². The molecule has 0 aromatic heterocycles. The summed E-state index contributed by atoms with van der Waals surface area (Å²) >= 11 is 0. The second kappa shape index (κ2) is 6.49. The fraction of sp³-hybridized carbons (Fsp3) is 0.533. The van der Waals surface area contributed by atoms with Crippen molar-refractivity contribution < 1.29 is 24.4 Å². The van der Waals surface area contributed by atoms with Gasteiger partial charge in [-0.2, -0.15) is 0 Å². The molecule has 0 radical (unpaired) electrons. The standard InChI is InChI=1S/C15H23BO5/c1-6-20-13(18)11-9-10(7-8-12(11)17)16-21-15(4,5)14(2,3)19/h7-9,16-17,19H,6H2,1-5H3. The quantitative estimate of drug-likeness (QED) is 0.607. The number of hydrogen-bond donors (Lipinski definition) is 2. The van der Waals surface area contributed by atoms with E-state index < -0.39 is 17.2 Å². The van der Waals surface area contributed by atoms with Crippen LogP contribution in [0.2, 0.25) is 0 Å². The summed E-state index contributed by atoms with van der Waals surface area (Å²) in [4.78, 5) is 11.7.